The van der Waals surface area contributed by atoms with Gasteiger partial charge in [-0.25, -0.2) is 4.98 Å². The third-order valence-corrected chi connectivity index (χ3v) is 3.53. The van der Waals surface area contributed by atoms with Crippen LogP contribution in [-0.4, -0.2) is 15.0 Å². The Morgan fingerprint density at radius 2 is 1.90 bits per heavy atom. The Morgan fingerprint density at radius 3 is 2.81 bits per heavy atom. The number of nitriles is 1. The molecule has 0 unspecified atom stereocenters. The molecule has 0 fully saturated rings. The van der Waals surface area contributed by atoms with Gasteiger partial charge >= 0.3 is 0 Å². The summed E-state index contributed by atoms with van der Waals surface area (Å²) in [7, 11) is 0. The molecule has 0 spiro atoms. The number of para-hydroxylation sites is 1. The SMILES string of the molecule is N#Cc1cccc2[nH]c(-c3nccc4ccccc34)nc12. The van der Waals surface area contributed by atoms with E-state index < -0.39 is 0 Å². The fourth-order valence-corrected chi connectivity index (χ4v) is 2.54. The molecule has 2 aromatic carbocycles. The van der Waals surface area contributed by atoms with Crippen LogP contribution in [0.15, 0.2) is 54.7 Å². The molecule has 2 aromatic heterocycles. The lowest BCUT2D eigenvalue weighted by Crippen LogP contribution is -1.87. The molecule has 0 saturated carbocycles. The quantitative estimate of drug-likeness (QED) is 0.574. The highest BCUT2D eigenvalue weighted by molar-refractivity contribution is 5.95. The Hall–Kier alpha value is -3.19. The number of rotatable bonds is 1. The summed E-state index contributed by atoms with van der Waals surface area (Å²) in [6, 6.07) is 17.7. The van der Waals surface area contributed by atoms with E-state index in [9.17, 15) is 0 Å². The van der Waals surface area contributed by atoms with Crippen molar-refractivity contribution in [3.8, 4) is 17.6 Å². The molecule has 0 bridgehead atoms. The first-order valence-corrected chi connectivity index (χ1v) is 6.60. The first kappa shape index (κ1) is 11.6. The lowest BCUT2D eigenvalue weighted by molar-refractivity contribution is 1.26. The normalized spacial score (nSPS) is 10.8. The molecule has 0 saturated heterocycles. The Bertz CT molecular complexity index is 1000. The summed E-state index contributed by atoms with van der Waals surface area (Å²) in [5.74, 6) is 0.685. The van der Waals surface area contributed by atoms with Crippen molar-refractivity contribution in [1.82, 2.24) is 15.0 Å². The van der Waals surface area contributed by atoms with E-state index in [0.29, 0.717) is 16.9 Å². The zero-order chi connectivity index (χ0) is 14.2. The Labute approximate surface area is 120 Å². The van der Waals surface area contributed by atoms with Crippen LogP contribution >= 0.6 is 0 Å². The first-order chi connectivity index (χ1) is 10.4. The Morgan fingerprint density at radius 1 is 1.00 bits per heavy atom. The summed E-state index contributed by atoms with van der Waals surface area (Å²) >= 11 is 0. The maximum absolute atomic E-state index is 9.17. The lowest BCUT2D eigenvalue weighted by atomic mass is 10.1. The van der Waals surface area contributed by atoms with Crippen LogP contribution in [0.1, 0.15) is 5.56 Å². The lowest BCUT2D eigenvalue weighted by Gasteiger charge is -2.01. The van der Waals surface area contributed by atoms with Crippen molar-refractivity contribution < 1.29 is 0 Å². The molecular weight excluding hydrogens is 260 g/mol. The molecule has 98 valence electrons. The maximum atomic E-state index is 9.17. The second kappa shape index (κ2) is 4.43. The summed E-state index contributed by atoms with van der Waals surface area (Å²) in [6.07, 6.45) is 1.77. The van der Waals surface area contributed by atoms with Gasteiger partial charge in [-0.05, 0) is 23.6 Å². The van der Waals surface area contributed by atoms with Crippen LogP contribution in [0.3, 0.4) is 0 Å². The molecule has 0 amide bonds. The van der Waals surface area contributed by atoms with E-state index in [1.54, 1.807) is 12.3 Å². The zero-order valence-corrected chi connectivity index (χ0v) is 11.0. The third-order valence-electron chi connectivity index (χ3n) is 3.53. The predicted molar refractivity (Wildman–Crippen MR) is 81.5 cm³/mol. The minimum absolute atomic E-state index is 0.565. The van der Waals surface area contributed by atoms with Gasteiger partial charge < -0.3 is 4.98 Å². The monoisotopic (exact) mass is 270 g/mol. The molecule has 1 N–H and O–H groups in total. The number of imidazole rings is 1. The van der Waals surface area contributed by atoms with Gasteiger partial charge in [-0.2, -0.15) is 5.26 Å². The number of hydrogen-bond donors (Lipinski definition) is 1. The second-order valence-corrected chi connectivity index (χ2v) is 4.78. The first-order valence-electron chi connectivity index (χ1n) is 6.60. The summed E-state index contributed by atoms with van der Waals surface area (Å²) in [6.45, 7) is 0. The minimum Gasteiger partial charge on any atom is -0.337 e. The second-order valence-electron chi connectivity index (χ2n) is 4.78. The molecule has 21 heavy (non-hydrogen) atoms. The van der Waals surface area contributed by atoms with Crippen LogP contribution in [0.25, 0.3) is 33.3 Å². The van der Waals surface area contributed by atoms with E-state index in [0.717, 1.165) is 22.0 Å². The summed E-state index contributed by atoms with van der Waals surface area (Å²) < 4.78 is 0. The number of fused-ring (bicyclic) bond motifs is 2. The molecule has 0 radical (unpaired) electrons. The number of nitrogens with one attached hydrogen (secondary N) is 1. The average Bonchev–Trinajstić information content (AvgIpc) is 2.98. The molecule has 0 aliphatic carbocycles. The van der Waals surface area contributed by atoms with Crippen LogP contribution in [0.4, 0.5) is 0 Å². The fraction of sp³-hybridized carbons (Fsp3) is 0. The molecule has 0 aliphatic rings. The standard InChI is InChI=1S/C17H10N4/c18-10-12-5-3-7-14-15(12)21-17(20-14)16-13-6-2-1-4-11(13)8-9-19-16/h1-9H,(H,20,21). The minimum atomic E-state index is 0.565. The fourth-order valence-electron chi connectivity index (χ4n) is 2.54. The number of pyridine rings is 1. The molecule has 2 heterocycles. The predicted octanol–water partition coefficient (Wildman–Crippen LogP) is 3.65. The maximum Gasteiger partial charge on any atom is 0.157 e. The highest BCUT2D eigenvalue weighted by Crippen LogP contribution is 2.27. The molecule has 4 heteroatoms. The average molecular weight is 270 g/mol. The highest BCUT2D eigenvalue weighted by atomic mass is 14.9. The van der Waals surface area contributed by atoms with Crippen LogP contribution in [-0.2, 0) is 0 Å². The summed E-state index contributed by atoms with van der Waals surface area (Å²) in [5, 5.41) is 11.3. The van der Waals surface area contributed by atoms with Gasteiger partial charge in [0.2, 0.25) is 0 Å². The summed E-state index contributed by atoms with van der Waals surface area (Å²) in [5.41, 5.74) is 2.90. The van der Waals surface area contributed by atoms with Gasteiger partial charge in [-0.1, -0.05) is 30.3 Å². The van der Waals surface area contributed by atoms with Gasteiger partial charge in [0.15, 0.2) is 5.82 Å². The van der Waals surface area contributed by atoms with Gasteiger partial charge in [-0.3, -0.25) is 4.98 Å². The number of aromatic amines is 1. The van der Waals surface area contributed by atoms with Gasteiger partial charge in [0.25, 0.3) is 0 Å². The van der Waals surface area contributed by atoms with Crippen molar-refractivity contribution in [2.45, 2.75) is 0 Å². The van der Waals surface area contributed by atoms with Crippen molar-refractivity contribution in [2.75, 3.05) is 0 Å². The van der Waals surface area contributed by atoms with Gasteiger partial charge in [0.1, 0.15) is 17.3 Å². The third kappa shape index (κ3) is 1.76. The Kier molecular flexibility index (Phi) is 2.45. The number of hydrogen-bond acceptors (Lipinski definition) is 3. The van der Waals surface area contributed by atoms with E-state index in [1.165, 1.54) is 0 Å². The van der Waals surface area contributed by atoms with E-state index in [2.05, 4.69) is 21.0 Å². The van der Waals surface area contributed by atoms with Gasteiger partial charge in [0.05, 0.1) is 11.1 Å². The Balaban J connectivity index is 2.03. The van der Waals surface area contributed by atoms with Crippen LogP contribution < -0.4 is 0 Å². The molecule has 0 aliphatic heterocycles. The van der Waals surface area contributed by atoms with E-state index >= 15 is 0 Å². The highest BCUT2D eigenvalue weighted by Gasteiger charge is 2.11. The van der Waals surface area contributed by atoms with Crippen LogP contribution in [0, 0.1) is 11.3 Å². The van der Waals surface area contributed by atoms with E-state index in [-0.39, 0.29) is 0 Å². The molecule has 4 rings (SSSR count). The van der Waals surface area contributed by atoms with Crippen LogP contribution in [0.2, 0.25) is 0 Å². The number of benzene rings is 2. The summed E-state index contributed by atoms with van der Waals surface area (Å²) in [4.78, 5) is 12.3. The number of nitrogens with zero attached hydrogens (tertiary/aromatic N) is 3. The van der Waals surface area contributed by atoms with Crippen molar-refractivity contribution in [2.24, 2.45) is 0 Å². The van der Waals surface area contributed by atoms with Gasteiger partial charge in [-0.15, -0.1) is 0 Å². The van der Waals surface area contributed by atoms with E-state index in [4.69, 9.17) is 5.26 Å². The number of H-pyrrole nitrogens is 1. The van der Waals surface area contributed by atoms with Crippen molar-refractivity contribution in [3.05, 3.63) is 60.3 Å². The van der Waals surface area contributed by atoms with Crippen LogP contribution in [0.5, 0.6) is 0 Å². The topological polar surface area (TPSA) is 65.4 Å². The smallest absolute Gasteiger partial charge is 0.157 e. The molecule has 4 aromatic rings. The number of aromatic nitrogens is 3. The largest absolute Gasteiger partial charge is 0.337 e. The molecular formula is C17H10N4. The van der Waals surface area contributed by atoms with Crippen molar-refractivity contribution in [3.63, 3.8) is 0 Å². The zero-order valence-electron chi connectivity index (χ0n) is 11.0. The van der Waals surface area contributed by atoms with Crippen molar-refractivity contribution >= 4 is 21.8 Å². The molecule has 0 atom stereocenters. The van der Waals surface area contributed by atoms with Gasteiger partial charge in [0, 0.05) is 11.6 Å². The van der Waals surface area contributed by atoms with Crippen molar-refractivity contribution in [1.29, 1.82) is 5.26 Å². The van der Waals surface area contributed by atoms with E-state index in [1.807, 2.05) is 42.5 Å². The molecule has 4 nitrogen and oxygen atoms in total.